The predicted molar refractivity (Wildman–Crippen MR) is 111 cm³/mol. The molecule has 3 N–H and O–H groups in total. The van der Waals surface area contributed by atoms with Crippen molar-refractivity contribution in [3.63, 3.8) is 0 Å². The molecule has 8 heteroatoms. The Morgan fingerprint density at radius 1 is 1.24 bits per heavy atom. The second-order valence-corrected chi connectivity index (χ2v) is 7.68. The summed E-state index contributed by atoms with van der Waals surface area (Å²) in [7, 11) is 0. The minimum atomic E-state index is -1.22. The molecule has 0 aliphatic heterocycles. The molecule has 0 spiro atoms. The molecule has 29 heavy (non-hydrogen) atoms. The van der Waals surface area contributed by atoms with Crippen LogP contribution in [-0.2, 0) is 6.54 Å². The number of hydrogen-bond acceptors (Lipinski definition) is 7. The van der Waals surface area contributed by atoms with Crippen LogP contribution in [0, 0.1) is 6.92 Å². The van der Waals surface area contributed by atoms with Crippen molar-refractivity contribution in [3.05, 3.63) is 48.4 Å². The summed E-state index contributed by atoms with van der Waals surface area (Å²) in [4.78, 5) is 8.64. The van der Waals surface area contributed by atoms with Crippen molar-refractivity contribution in [2.75, 3.05) is 11.9 Å². The minimum absolute atomic E-state index is 0.0338. The maximum atomic E-state index is 10.0. The maximum Gasteiger partial charge on any atom is 0.230 e. The van der Waals surface area contributed by atoms with Crippen LogP contribution in [0.4, 0.5) is 11.6 Å². The van der Waals surface area contributed by atoms with Gasteiger partial charge in [0.1, 0.15) is 5.60 Å². The molecule has 3 rings (SSSR count). The van der Waals surface area contributed by atoms with Gasteiger partial charge >= 0.3 is 0 Å². The Morgan fingerprint density at radius 3 is 2.76 bits per heavy atom. The summed E-state index contributed by atoms with van der Waals surface area (Å²) in [6.45, 7) is 7.34. The topological polar surface area (TPSA) is 105 Å². The third-order valence-corrected chi connectivity index (χ3v) is 4.13. The molecule has 0 fully saturated rings. The Bertz CT molecular complexity index is 968. The van der Waals surface area contributed by atoms with Crippen molar-refractivity contribution in [3.8, 4) is 17.0 Å². The van der Waals surface area contributed by atoms with E-state index in [9.17, 15) is 10.2 Å². The molecule has 0 bridgehead atoms. The molecule has 0 radical (unpaired) electrons. The molecule has 2 aromatic heterocycles. The Balaban J connectivity index is 1.81. The Kier molecular flexibility index (Phi) is 6.14. The molecule has 0 aliphatic rings. The van der Waals surface area contributed by atoms with Gasteiger partial charge < -0.3 is 20.3 Å². The average molecular weight is 397 g/mol. The van der Waals surface area contributed by atoms with Gasteiger partial charge in [-0.1, -0.05) is 6.07 Å². The summed E-state index contributed by atoms with van der Waals surface area (Å²) >= 11 is 0. The van der Waals surface area contributed by atoms with Crippen LogP contribution >= 0.6 is 0 Å². The van der Waals surface area contributed by atoms with Crippen LogP contribution in [0.15, 0.2) is 42.9 Å². The zero-order chi connectivity index (χ0) is 21.0. The first-order valence-corrected chi connectivity index (χ1v) is 9.48. The number of rotatable bonds is 8. The fourth-order valence-corrected chi connectivity index (χ4v) is 2.86. The van der Waals surface area contributed by atoms with Gasteiger partial charge in [-0.05, 0) is 51.0 Å². The van der Waals surface area contributed by atoms with Crippen LogP contribution in [0.5, 0.6) is 5.88 Å². The summed E-state index contributed by atoms with van der Waals surface area (Å²) in [5.74, 6) is 0.969. The zero-order valence-corrected chi connectivity index (χ0v) is 17.1. The molecular formula is C21H27N5O3. The molecular weight excluding hydrogens is 370 g/mol. The Labute approximate surface area is 170 Å². The molecule has 1 atom stereocenters. The van der Waals surface area contributed by atoms with E-state index >= 15 is 0 Å². The quantitative estimate of drug-likeness (QED) is 0.537. The second kappa shape index (κ2) is 8.59. The molecule has 0 saturated carbocycles. The van der Waals surface area contributed by atoms with Crippen molar-refractivity contribution in [2.24, 2.45) is 0 Å². The lowest BCUT2D eigenvalue weighted by atomic mass is 10.1. The zero-order valence-electron chi connectivity index (χ0n) is 17.1. The number of aliphatic hydroxyl groups is 2. The highest BCUT2D eigenvalue weighted by atomic mass is 16.5. The molecule has 0 unspecified atom stereocenters. The summed E-state index contributed by atoms with van der Waals surface area (Å²) in [5, 5.41) is 26.8. The molecule has 2 heterocycles. The average Bonchev–Trinajstić information content (AvgIpc) is 3.09. The van der Waals surface area contributed by atoms with Gasteiger partial charge in [-0.2, -0.15) is 10.1 Å². The summed E-state index contributed by atoms with van der Waals surface area (Å²) in [6, 6.07) is 7.76. The summed E-state index contributed by atoms with van der Waals surface area (Å²) in [5.41, 5.74) is 2.56. The minimum Gasteiger partial charge on any atom is -0.475 e. The highest BCUT2D eigenvalue weighted by molar-refractivity contribution is 5.70. The van der Waals surface area contributed by atoms with Gasteiger partial charge in [-0.25, -0.2) is 4.98 Å². The molecule has 8 nitrogen and oxygen atoms in total. The number of ether oxygens (including phenoxy) is 1. The lowest BCUT2D eigenvalue weighted by molar-refractivity contribution is -0.0145. The highest BCUT2D eigenvalue weighted by Gasteiger charge is 2.20. The van der Waals surface area contributed by atoms with E-state index in [-0.39, 0.29) is 19.3 Å². The van der Waals surface area contributed by atoms with Gasteiger partial charge in [0, 0.05) is 29.7 Å². The van der Waals surface area contributed by atoms with E-state index in [2.05, 4.69) is 26.4 Å². The van der Waals surface area contributed by atoms with E-state index in [4.69, 9.17) is 4.74 Å². The van der Waals surface area contributed by atoms with E-state index in [1.807, 2.05) is 39.1 Å². The van der Waals surface area contributed by atoms with E-state index in [0.717, 1.165) is 22.4 Å². The van der Waals surface area contributed by atoms with Gasteiger partial charge in [0.15, 0.2) is 0 Å². The molecule has 1 aromatic carbocycles. The van der Waals surface area contributed by atoms with Crippen LogP contribution in [-0.4, -0.2) is 48.3 Å². The third kappa shape index (κ3) is 5.75. The normalized spacial score (nSPS) is 13.3. The number of nitrogens with zero attached hydrogens (tertiary/aromatic N) is 4. The molecule has 154 valence electrons. The molecule has 0 amide bonds. The largest absolute Gasteiger partial charge is 0.475 e. The van der Waals surface area contributed by atoms with Crippen LogP contribution < -0.4 is 10.1 Å². The second-order valence-electron chi connectivity index (χ2n) is 7.68. The number of anilines is 2. The number of nitrogens with one attached hydrogen (secondary N) is 1. The summed E-state index contributed by atoms with van der Waals surface area (Å²) in [6.07, 6.45) is 5.27. The smallest absolute Gasteiger partial charge is 0.230 e. The summed E-state index contributed by atoms with van der Waals surface area (Å²) < 4.78 is 7.24. The maximum absolute atomic E-state index is 10.0. The van der Waals surface area contributed by atoms with Crippen molar-refractivity contribution in [1.29, 1.82) is 0 Å². The van der Waals surface area contributed by atoms with Crippen LogP contribution in [0.1, 0.15) is 26.3 Å². The van der Waals surface area contributed by atoms with Crippen LogP contribution in [0.2, 0.25) is 0 Å². The molecule has 0 aliphatic carbocycles. The van der Waals surface area contributed by atoms with Crippen molar-refractivity contribution < 1.29 is 14.9 Å². The number of aryl methyl sites for hydroxylation is 1. The van der Waals surface area contributed by atoms with Crippen LogP contribution in [0.3, 0.4) is 0 Å². The lowest BCUT2D eigenvalue weighted by Crippen LogP contribution is -2.34. The van der Waals surface area contributed by atoms with Gasteiger partial charge in [0.2, 0.25) is 11.8 Å². The fourth-order valence-electron chi connectivity index (χ4n) is 2.86. The fraction of sp³-hybridized carbons (Fsp3) is 0.381. The number of aliphatic hydroxyl groups excluding tert-OH is 1. The van der Waals surface area contributed by atoms with Crippen LogP contribution in [0.25, 0.3) is 11.1 Å². The van der Waals surface area contributed by atoms with Crippen molar-refractivity contribution in [1.82, 2.24) is 19.7 Å². The van der Waals surface area contributed by atoms with Crippen molar-refractivity contribution in [2.45, 2.75) is 45.9 Å². The molecule has 0 saturated heterocycles. The predicted octanol–water partition coefficient (Wildman–Crippen LogP) is 2.92. The SMILES string of the molecule is Cc1cc(Nc2nccc(OC(C)C)n2)cc(-c2cnn(C[C@](C)(O)CO)c2)c1. The first kappa shape index (κ1) is 20.8. The lowest BCUT2D eigenvalue weighted by Gasteiger charge is -2.19. The number of aromatic nitrogens is 4. The van der Waals surface area contributed by atoms with E-state index in [0.29, 0.717) is 11.8 Å². The van der Waals surface area contributed by atoms with Gasteiger partial charge in [-0.15, -0.1) is 0 Å². The monoisotopic (exact) mass is 397 g/mol. The third-order valence-electron chi connectivity index (χ3n) is 4.13. The van der Waals surface area contributed by atoms with Crippen molar-refractivity contribution >= 4 is 11.6 Å². The highest BCUT2D eigenvalue weighted by Crippen LogP contribution is 2.26. The number of benzene rings is 1. The Morgan fingerprint density at radius 2 is 2.03 bits per heavy atom. The van der Waals surface area contributed by atoms with E-state index in [1.54, 1.807) is 30.1 Å². The Hall–Kier alpha value is -2.97. The standard InChI is InChI=1S/C21H27N5O3/c1-14(2)29-19-5-6-22-20(25-19)24-18-8-15(3)7-16(9-18)17-10-23-26(11-17)12-21(4,28)13-27/h5-11,14,27-28H,12-13H2,1-4H3,(H,22,24,25)/t21-/m0/s1. The van der Waals surface area contributed by atoms with Gasteiger partial charge in [0.05, 0.1) is 25.5 Å². The first-order chi connectivity index (χ1) is 13.7. The molecule has 3 aromatic rings. The number of hydrogen-bond donors (Lipinski definition) is 3. The van der Waals surface area contributed by atoms with E-state index in [1.165, 1.54) is 0 Å². The van der Waals surface area contributed by atoms with Gasteiger partial charge in [0.25, 0.3) is 0 Å². The first-order valence-electron chi connectivity index (χ1n) is 9.48. The van der Waals surface area contributed by atoms with E-state index < -0.39 is 5.60 Å². The van der Waals surface area contributed by atoms with Gasteiger partial charge in [-0.3, -0.25) is 4.68 Å².